The monoisotopic (exact) mass is 285 g/mol. The predicted octanol–water partition coefficient (Wildman–Crippen LogP) is 3.88. The van der Waals surface area contributed by atoms with Crippen LogP contribution in [0.2, 0.25) is 0 Å². The van der Waals surface area contributed by atoms with Crippen molar-refractivity contribution in [1.29, 1.82) is 0 Å². The van der Waals surface area contributed by atoms with Crippen molar-refractivity contribution in [2.45, 2.75) is 38.5 Å². The molecule has 110 valence electrons. The van der Waals surface area contributed by atoms with Crippen molar-refractivity contribution in [2.75, 3.05) is 0 Å². The van der Waals surface area contributed by atoms with Crippen molar-refractivity contribution in [3.63, 3.8) is 0 Å². The van der Waals surface area contributed by atoms with Crippen LogP contribution in [0.4, 0.5) is 4.39 Å². The summed E-state index contributed by atoms with van der Waals surface area (Å²) in [5, 5.41) is 0. The molecule has 21 heavy (non-hydrogen) atoms. The molecule has 2 aromatic rings. The second-order valence-corrected chi connectivity index (χ2v) is 5.52. The van der Waals surface area contributed by atoms with E-state index in [4.69, 9.17) is 10.5 Å². The Morgan fingerprint density at radius 3 is 2.90 bits per heavy atom. The van der Waals surface area contributed by atoms with Crippen LogP contribution < -0.4 is 5.73 Å². The third-order valence-electron chi connectivity index (χ3n) is 4.10. The lowest BCUT2D eigenvalue weighted by atomic mass is 9.89. The van der Waals surface area contributed by atoms with Gasteiger partial charge in [-0.05, 0) is 48.1 Å². The molecule has 3 heteroatoms. The average molecular weight is 285 g/mol. The van der Waals surface area contributed by atoms with Gasteiger partial charge in [0, 0.05) is 12.1 Å². The number of hydrogen-bond donors (Lipinski definition) is 1. The Bertz CT molecular complexity index is 626. The Morgan fingerprint density at radius 2 is 2.05 bits per heavy atom. The first kappa shape index (κ1) is 14.2. The molecule has 0 radical (unpaired) electrons. The van der Waals surface area contributed by atoms with Crippen LogP contribution in [-0.2, 0) is 24.3 Å². The molecule has 0 aliphatic heterocycles. The van der Waals surface area contributed by atoms with Gasteiger partial charge < -0.3 is 10.5 Å². The molecule has 0 spiro atoms. The van der Waals surface area contributed by atoms with E-state index in [2.05, 4.69) is 24.3 Å². The average Bonchev–Trinajstić information content (AvgIpc) is 2.54. The van der Waals surface area contributed by atoms with E-state index in [0.29, 0.717) is 12.2 Å². The van der Waals surface area contributed by atoms with Gasteiger partial charge in [0.15, 0.2) is 0 Å². The fourth-order valence-electron chi connectivity index (χ4n) is 2.95. The van der Waals surface area contributed by atoms with Gasteiger partial charge in [0.2, 0.25) is 0 Å². The molecule has 0 amide bonds. The van der Waals surface area contributed by atoms with Gasteiger partial charge in [0.1, 0.15) is 5.82 Å². The Kier molecular flexibility index (Phi) is 4.32. The van der Waals surface area contributed by atoms with Crippen LogP contribution in [0.5, 0.6) is 0 Å². The van der Waals surface area contributed by atoms with E-state index >= 15 is 0 Å². The SMILES string of the molecule is NCc1cc(COC2CCCc3ccccc32)ccc1F. The van der Waals surface area contributed by atoms with E-state index in [1.807, 2.05) is 0 Å². The van der Waals surface area contributed by atoms with Gasteiger partial charge in [0.25, 0.3) is 0 Å². The van der Waals surface area contributed by atoms with Crippen LogP contribution in [-0.4, -0.2) is 0 Å². The zero-order chi connectivity index (χ0) is 14.7. The molecule has 2 aromatic carbocycles. The largest absolute Gasteiger partial charge is 0.369 e. The fourth-order valence-corrected chi connectivity index (χ4v) is 2.95. The van der Waals surface area contributed by atoms with E-state index in [1.165, 1.54) is 17.2 Å². The smallest absolute Gasteiger partial charge is 0.127 e. The summed E-state index contributed by atoms with van der Waals surface area (Å²) >= 11 is 0. The highest BCUT2D eigenvalue weighted by molar-refractivity contribution is 5.31. The highest BCUT2D eigenvalue weighted by atomic mass is 19.1. The minimum Gasteiger partial charge on any atom is -0.369 e. The summed E-state index contributed by atoms with van der Waals surface area (Å²) in [6.45, 7) is 0.707. The maximum Gasteiger partial charge on any atom is 0.127 e. The molecule has 1 aliphatic carbocycles. The Morgan fingerprint density at radius 1 is 1.19 bits per heavy atom. The van der Waals surface area contributed by atoms with Crippen LogP contribution in [0, 0.1) is 5.82 Å². The summed E-state index contributed by atoms with van der Waals surface area (Å²) in [6.07, 6.45) is 3.46. The molecule has 0 aromatic heterocycles. The zero-order valence-corrected chi connectivity index (χ0v) is 12.0. The van der Waals surface area contributed by atoms with Crippen LogP contribution in [0.1, 0.15) is 41.2 Å². The lowest BCUT2D eigenvalue weighted by molar-refractivity contribution is 0.0282. The number of nitrogens with two attached hydrogens (primary N) is 1. The van der Waals surface area contributed by atoms with Crippen molar-refractivity contribution >= 4 is 0 Å². The van der Waals surface area contributed by atoms with Gasteiger partial charge in [-0.2, -0.15) is 0 Å². The van der Waals surface area contributed by atoms with E-state index in [-0.39, 0.29) is 18.5 Å². The minimum absolute atomic E-state index is 0.140. The number of hydrogen-bond acceptors (Lipinski definition) is 2. The number of fused-ring (bicyclic) bond motifs is 1. The molecule has 0 saturated heterocycles. The topological polar surface area (TPSA) is 35.2 Å². The third kappa shape index (κ3) is 3.14. The summed E-state index contributed by atoms with van der Waals surface area (Å²) in [5.74, 6) is -0.246. The Labute approximate surface area is 124 Å². The molecule has 3 rings (SSSR count). The van der Waals surface area contributed by atoms with Crippen LogP contribution in [0.15, 0.2) is 42.5 Å². The van der Waals surface area contributed by atoms with E-state index in [0.717, 1.165) is 24.8 Å². The minimum atomic E-state index is -0.246. The molecule has 2 N–H and O–H groups in total. The summed E-state index contributed by atoms with van der Waals surface area (Å²) in [6, 6.07) is 13.5. The lowest BCUT2D eigenvalue weighted by Crippen LogP contribution is -2.13. The van der Waals surface area contributed by atoms with Gasteiger partial charge in [-0.3, -0.25) is 0 Å². The van der Waals surface area contributed by atoms with Crippen molar-refractivity contribution in [3.05, 3.63) is 70.5 Å². The Hall–Kier alpha value is -1.71. The van der Waals surface area contributed by atoms with E-state index in [1.54, 1.807) is 12.1 Å². The molecule has 0 bridgehead atoms. The third-order valence-corrected chi connectivity index (χ3v) is 4.10. The highest BCUT2D eigenvalue weighted by Crippen LogP contribution is 2.33. The molecule has 0 heterocycles. The molecule has 1 aliphatic rings. The number of benzene rings is 2. The molecule has 2 nitrogen and oxygen atoms in total. The fraction of sp³-hybridized carbons (Fsp3) is 0.333. The molecule has 0 saturated carbocycles. The van der Waals surface area contributed by atoms with E-state index in [9.17, 15) is 4.39 Å². The molecule has 0 fully saturated rings. The van der Waals surface area contributed by atoms with Crippen molar-refractivity contribution in [1.82, 2.24) is 0 Å². The molecular formula is C18H20FNO. The number of ether oxygens (including phenoxy) is 1. The van der Waals surface area contributed by atoms with Gasteiger partial charge >= 0.3 is 0 Å². The first-order valence-electron chi connectivity index (χ1n) is 7.44. The van der Waals surface area contributed by atoms with Crippen LogP contribution >= 0.6 is 0 Å². The number of halogens is 1. The maximum atomic E-state index is 13.4. The van der Waals surface area contributed by atoms with Crippen molar-refractivity contribution in [2.24, 2.45) is 5.73 Å². The van der Waals surface area contributed by atoms with Gasteiger partial charge in [-0.1, -0.05) is 30.3 Å². The second-order valence-electron chi connectivity index (χ2n) is 5.52. The first-order valence-corrected chi connectivity index (χ1v) is 7.44. The summed E-state index contributed by atoms with van der Waals surface area (Å²) < 4.78 is 19.5. The van der Waals surface area contributed by atoms with Crippen LogP contribution in [0.3, 0.4) is 0 Å². The molecule has 1 unspecified atom stereocenters. The Balaban J connectivity index is 1.71. The molecule has 1 atom stereocenters. The van der Waals surface area contributed by atoms with E-state index < -0.39 is 0 Å². The quantitative estimate of drug-likeness (QED) is 0.925. The van der Waals surface area contributed by atoms with Crippen LogP contribution in [0.25, 0.3) is 0 Å². The number of aryl methyl sites for hydroxylation is 1. The highest BCUT2D eigenvalue weighted by Gasteiger charge is 2.20. The zero-order valence-electron chi connectivity index (χ0n) is 12.0. The van der Waals surface area contributed by atoms with Crippen molar-refractivity contribution < 1.29 is 9.13 Å². The predicted molar refractivity (Wildman–Crippen MR) is 81.2 cm³/mol. The normalized spacial score (nSPS) is 17.5. The maximum absolute atomic E-state index is 13.4. The second kappa shape index (κ2) is 6.37. The molecular weight excluding hydrogens is 265 g/mol. The van der Waals surface area contributed by atoms with Gasteiger partial charge in [0.05, 0.1) is 12.7 Å². The summed E-state index contributed by atoms with van der Waals surface area (Å²) in [4.78, 5) is 0. The standard InChI is InChI=1S/C18H20FNO/c19-17-9-8-13(10-15(17)11-20)12-21-18-7-3-5-14-4-1-2-6-16(14)18/h1-2,4,6,8-10,18H,3,5,7,11-12,20H2. The summed E-state index contributed by atoms with van der Waals surface area (Å²) in [5.41, 5.74) is 9.74. The van der Waals surface area contributed by atoms with Crippen molar-refractivity contribution in [3.8, 4) is 0 Å². The van der Waals surface area contributed by atoms with Gasteiger partial charge in [-0.25, -0.2) is 4.39 Å². The number of rotatable bonds is 4. The first-order chi connectivity index (χ1) is 10.3. The van der Waals surface area contributed by atoms with Gasteiger partial charge in [-0.15, -0.1) is 0 Å². The summed E-state index contributed by atoms with van der Waals surface area (Å²) in [7, 11) is 0. The lowest BCUT2D eigenvalue weighted by Gasteiger charge is -2.25.